The van der Waals surface area contributed by atoms with Crippen LogP contribution in [-0.4, -0.2) is 65.3 Å². The maximum absolute atomic E-state index is 13.3. The fraction of sp³-hybridized carbons (Fsp3) is 0.625. The molecule has 194 valence electrons. The minimum absolute atomic E-state index is 0.112. The topological polar surface area (TPSA) is 125 Å². The van der Waals surface area contributed by atoms with Gasteiger partial charge in [0, 0.05) is 67.1 Å². The largest absolute Gasteiger partial charge is 0.478 e. The van der Waals surface area contributed by atoms with Crippen molar-refractivity contribution < 1.29 is 38.1 Å². The Bertz CT molecular complexity index is 918. The van der Waals surface area contributed by atoms with Crippen molar-refractivity contribution in [1.29, 1.82) is 0 Å². The minimum Gasteiger partial charge on any atom is -0.478 e. The van der Waals surface area contributed by atoms with Gasteiger partial charge in [-0.05, 0) is 50.7 Å². The second-order valence-corrected chi connectivity index (χ2v) is 10.5. The van der Waals surface area contributed by atoms with E-state index in [1.165, 1.54) is 21.8 Å². The Morgan fingerprint density at radius 3 is 2.23 bits per heavy atom. The van der Waals surface area contributed by atoms with E-state index >= 15 is 0 Å². The number of carbonyl (C=O) groups is 3. The highest BCUT2D eigenvalue weighted by molar-refractivity contribution is 7.14. The van der Waals surface area contributed by atoms with Crippen LogP contribution in [-0.2, 0) is 14.3 Å². The van der Waals surface area contributed by atoms with Crippen molar-refractivity contribution in [3.8, 4) is 0 Å². The lowest BCUT2D eigenvalue weighted by Gasteiger charge is -2.28. The Labute approximate surface area is 206 Å². The summed E-state index contributed by atoms with van der Waals surface area (Å²) in [6.07, 6.45) is 4.83. The van der Waals surface area contributed by atoms with E-state index < -0.39 is 17.9 Å². The number of carbonyl (C=O) groups excluding carboxylic acids is 1. The van der Waals surface area contributed by atoms with E-state index in [2.05, 4.69) is 17.6 Å². The first kappa shape index (κ1) is 27.2. The lowest BCUT2D eigenvalue weighted by atomic mass is 9.92. The van der Waals surface area contributed by atoms with Gasteiger partial charge >= 0.3 is 11.9 Å². The van der Waals surface area contributed by atoms with Crippen LogP contribution in [0.25, 0.3) is 0 Å². The number of alkyl halides is 2. The van der Waals surface area contributed by atoms with E-state index in [4.69, 9.17) is 14.9 Å². The van der Waals surface area contributed by atoms with Gasteiger partial charge in [-0.15, -0.1) is 11.3 Å². The summed E-state index contributed by atoms with van der Waals surface area (Å²) in [5.74, 6) is -4.70. The summed E-state index contributed by atoms with van der Waals surface area (Å²) in [6, 6.07) is 2.92. The van der Waals surface area contributed by atoms with Crippen LogP contribution in [0, 0.1) is 6.92 Å². The highest BCUT2D eigenvalue weighted by Gasteiger charge is 2.41. The second-order valence-electron chi connectivity index (χ2n) is 9.24. The average Bonchev–Trinajstić information content (AvgIpc) is 3.44. The quantitative estimate of drug-likeness (QED) is 0.409. The van der Waals surface area contributed by atoms with Crippen molar-refractivity contribution in [2.75, 3.05) is 13.2 Å². The molecule has 8 nitrogen and oxygen atoms in total. The molecule has 0 unspecified atom stereocenters. The second kappa shape index (κ2) is 12.0. The molecule has 0 aromatic carbocycles. The van der Waals surface area contributed by atoms with Crippen molar-refractivity contribution in [3.63, 3.8) is 0 Å². The van der Waals surface area contributed by atoms with E-state index in [-0.39, 0.29) is 24.8 Å². The Hall–Kier alpha value is -2.37. The van der Waals surface area contributed by atoms with Crippen LogP contribution in [0.15, 0.2) is 18.2 Å². The normalized spacial score (nSPS) is 24.4. The monoisotopic (exact) mass is 514 g/mol. The summed E-state index contributed by atoms with van der Waals surface area (Å²) in [7, 11) is 0. The minimum atomic E-state index is -2.56. The number of carboxylic acids is 2. The Morgan fingerprint density at radius 2 is 1.66 bits per heavy atom. The molecule has 0 spiro atoms. The van der Waals surface area contributed by atoms with E-state index in [9.17, 15) is 23.2 Å². The molecule has 4 N–H and O–H groups in total. The van der Waals surface area contributed by atoms with Crippen LogP contribution in [0.5, 0.6) is 0 Å². The molecule has 4 rings (SSSR count). The predicted octanol–water partition coefficient (Wildman–Crippen LogP) is 3.70. The molecular formula is C24H32F2N2O6S. The summed E-state index contributed by atoms with van der Waals surface area (Å²) in [5.41, 5.74) is 1.27. The third kappa shape index (κ3) is 8.66. The van der Waals surface area contributed by atoms with Crippen LogP contribution >= 0.6 is 11.3 Å². The van der Waals surface area contributed by atoms with Gasteiger partial charge in [0.05, 0.1) is 4.88 Å². The van der Waals surface area contributed by atoms with Gasteiger partial charge in [0.2, 0.25) is 5.92 Å². The maximum Gasteiger partial charge on any atom is 0.328 e. The van der Waals surface area contributed by atoms with E-state index in [0.717, 1.165) is 32.5 Å². The van der Waals surface area contributed by atoms with Gasteiger partial charge in [-0.1, -0.05) is 0 Å². The molecule has 2 heterocycles. The lowest BCUT2D eigenvalue weighted by Crippen LogP contribution is -2.40. The Balaban J connectivity index is 0.000000371. The molecule has 1 aromatic rings. The number of carboxylic acid groups (broad SMARTS) is 2. The molecule has 3 aliphatic rings. The number of aryl methyl sites for hydroxylation is 1. The molecule has 3 fully saturated rings. The van der Waals surface area contributed by atoms with E-state index in [0.29, 0.717) is 47.9 Å². The number of hydrogen-bond acceptors (Lipinski definition) is 6. The van der Waals surface area contributed by atoms with Crippen molar-refractivity contribution >= 4 is 29.2 Å². The fourth-order valence-electron chi connectivity index (χ4n) is 4.45. The third-order valence-corrected chi connectivity index (χ3v) is 7.53. The number of aliphatic carboxylic acids is 2. The lowest BCUT2D eigenvalue weighted by molar-refractivity contribution is -0.134. The zero-order valence-electron chi connectivity index (χ0n) is 19.6. The van der Waals surface area contributed by atoms with Crippen LogP contribution in [0.2, 0.25) is 0 Å². The van der Waals surface area contributed by atoms with Crippen molar-refractivity contribution in [1.82, 2.24) is 10.6 Å². The zero-order valence-corrected chi connectivity index (χ0v) is 20.4. The van der Waals surface area contributed by atoms with Crippen molar-refractivity contribution in [2.24, 2.45) is 0 Å². The molecule has 1 amide bonds. The van der Waals surface area contributed by atoms with Crippen molar-refractivity contribution in [3.05, 3.63) is 33.5 Å². The number of thiophene rings is 1. The van der Waals surface area contributed by atoms with Crippen LogP contribution < -0.4 is 10.6 Å². The molecule has 2 saturated carbocycles. The molecule has 35 heavy (non-hydrogen) atoms. The highest BCUT2D eigenvalue weighted by Crippen LogP contribution is 2.45. The van der Waals surface area contributed by atoms with Crippen LogP contribution in [0.3, 0.4) is 0 Å². The molecular weight excluding hydrogens is 482 g/mol. The zero-order chi connectivity index (χ0) is 25.6. The van der Waals surface area contributed by atoms with Gasteiger partial charge in [-0.2, -0.15) is 0 Å². The SMILES string of the molecule is Cc1sc(C(=O)NC2CCC(F)(F)CC2)cc1[C@H]1C[C@@H]1NC1CCOCC1.O=C(O)C=CC(=O)O. The van der Waals surface area contributed by atoms with Gasteiger partial charge in [-0.3, -0.25) is 4.79 Å². The first-order valence-electron chi connectivity index (χ1n) is 11.8. The van der Waals surface area contributed by atoms with Gasteiger partial charge in [0.25, 0.3) is 5.91 Å². The van der Waals surface area contributed by atoms with Gasteiger partial charge < -0.3 is 25.6 Å². The number of nitrogens with one attached hydrogen (secondary N) is 2. The molecule has 2 aliphatic carbocycles. The highest BCUT2D eigenvalue weighted by atomic mass is 32.1. The first-order chi connectivity index (χ1) is 16.5. The molecule has 1 saturated heterocycles. The van der Waals surface area contributed by atoms with Gasteiger partial charge in [-0.25, -0.2) is 18.4 Å². The number of hydrogen-bond donors (Lipinski definition) is 4. The summed E-state index contributed by atoms with van der Waals surface area (Å²) >= 11 is 1.52. The molecule has 1 aromatic heterocycles. The van der Waals surface area contributed by atoms with Crippen LogP contribution in [0.4, 0.5) is 8.78 Å². The fourth-order valence-corrected chi connectivity index (χ4v) is 5.45. The smallest absolute Gasteiger partial charge is 0.328 e. The van der Waals surface area contributed by atoms with Crippen LogP contribution in [0.1, 0.15) is 71.0 Å². The Kier molecular flexibility index (Phi) is 9.37. The van der Waals surface area contributed by atoms with E-state index in [1.807, 2.05) is 6.07 Å². The predicted molar refractivity (Wildman–Crippen MR) is 126 cm³/mol. The Morgan fingerprint density at radius 1 is 1.06 bits per heavy atom. The standard InChI is InChI=1S/C20H28F2N2O2S.C4H4O4/c1-12-15(16-10-17(16)23-14-4-8-26-9-5-14)11-18(27-12)19(25)24-13-2-6-20(21,22)7-3-13;5-3(6)1-2-4(7)8/h11,13-14,16-17,23H,2-10H2,1H3,(H,24,25);1-2H,(H,5,6)(H,7,8)/t16-,17+;/m1./s1. The molecule has 1 aliphatic heterocycles. The van der Waals surface area contributed by atoms with Gasteiger partial charge in [0.1, 0.15) is 0 Å². The number of amides is 1. The van der Waals surface area contributed by atoms with Crippen molar-refractivity contribution in [2.45, 2.75) is 81.8 Å². The summed E-state index contributed by atoms with van der Waals surface area (Å²) < 4.78 is 32.0. The number of rotatable bonds is 7. The van der Waals surface area contributed by atoms with E-state index in [1.54, 1.807) is 0 Å². The van der Waals surface area contributed by atoms with Gasteiger partial charge in [0.15, 0.2) is 0 Å². The summed E-state index contributed by atoms with van der Waals surface area (Å²) in [5, 5.41) is 22.3. The molecule has 2 atom stereocenters. The third-order valence-electron chi connectivity index (χ3n) is 6.46. The maximum atomic E-state index is 13.3. The summed E-state index contributed by atoms with van der Waals surface area (Å²) in [4.78, 5) is 33.6. The molecule has 0 bridgehead atoms. The molecule has 0 radical (unpaired) electrons. The number of ether oxygens (including phenoxy) is 1. The number of halogens is 2. The summed E-state index contributed by atoms with van der Waals surface area (Å²) in [6.45, 7) is 3.75. The molecule has 11 heteroatoms. The first-order valence-corrected chi connectivity index (χ1v) is 12.6. The average molecular weight is 515 g/mol.